The maximum Gasteiger partial charge on any atom is 0.0892 e. The van der Waals surface area contributed by atoms with E-state index in [2.05, 4.69) is 15.0 Å². The molecule has 3 heteroatoms. The molecule has 15 heavy (non-hydrogen) atoms. The lowest BCUT2D eigenvalue weighted by Crippen LogP contribution is -1.93. The highest BCUT2D eigenvalue weighted by atomic mass is 14.8. The largest absolute Gasteiger partial charge is 0.261 e. The molecule has 0 aliphatic carbocycles. The Bertz CT molecular complexity index is 492. The summed E-state index contributed by atoms with van der Waals surface area (Å²) < 4.78 is 0. The molecule has 0 atom stereocenters. The van der Waals surface area contributed by atoms with E-state index in [1.165, 1.54) is 0 Å². The summed E-state index contributed by atoms with van der Waals surface area (Å²) in [6.45, 7) is 5.96. The lowest BCUT2D eigenvalue weighted by atomic mass is 10.1. The minimum absolute atomic E-state index is 0.915. The maximum atomic E-state index is 4.46. The molecule has 0 radical (unpaired) electrons. The van der Waals surface area contributed by atoms with E-state index in [0.717, 1.165) is 28.2 Å². The molecule has 0 aliphatic heterocycles. The molecule has 0 unspecified atom stereocenters. The molecule has 76 valence electrons. The molecule has 2 rings (SSSR count). The van der Waals surface area contributed by atoms with Crippen LogP contribution >= 0.6 is 0 Å². The van der Waals surface area contributed by atoms with Gasteiger partial charge in [-0.05, 0) is 32.4 Å². The summed E-state index contributed by atoms with van der Waals surface area (Å²) in [6, 6.07) is 2.04. The van der Waals surface area contributed by atoms with Crippen LogP contribution < -0.4 is 0 Å². The minimum atomic E-state index is 0.915. The molecule has 0 saturated carbocycles. The smallest absolute Gasteiger partial charge is 0.0892 e. The van der Waals surface area contributed by atoms with E-state index in [9.17, 15) is 0 Å². The van der Waals surface area contributed by atoms with E-state index in [4.69, 9.17) is 0 Å². The molecule has 3 nitrogen and oxygen atoms in total. The second kappa shape index (κ2) is 3.77. The van der Waals surface area contributed by atoms with Gasteiger partial charge in [-0.1, -0.05) is 0 Å². The van der Waals surface area contributed by atoms with E-state index in [-0.39, 0.29) is 0 Å². The van der Waals surface area contributed by atoms with Crippen molar-refractivity contribution in [2.75, 3.05) is 0 Å². The van der Waals surface area contributed by atoms with Gasteiger partial charge in [-0.15, -0.1) is 0 Å². The van der Waals surface area contributed by atoms with Crippen molar-refractivity contribution in [1.29, 1.82) is 0 Å². The lowest BCUT2D eigenvalue weighted by molar-refractivity contribution is 1.11. The lowest BCUT2D eigenvalue weighted by Gasteiger charge is -2.05. The van der Waals surface area contributed by atoms with Crippen molar-refractivity contribution in [2.24, 2.45) is 0 Å². The summed E-state index contributed by atoms with van der Waals surface area (Å²) in [5.74, 6) is 0. The number of aromatic nitrogens is 3. The molecule has 0 spiro atoms. The average molecular weight is 199 g/mol. The first-order valence-electron chi connectivity index (χ1n) is 4.89. The van der Waals surface area contributed by atoms with Crippen LogP contribution in [0.15, 0.2) is 24.7 Å². The van der Waals surface area contributed by atoms with Crippen molar-refractivity contribution >= 4 is 0 Å². The van der Waals surface area contributed by atoms with Crippen LogP contribution in [0.2, 0.25) is 0 Å². The van der Waals surface area contributed by atoms with Gasteiger partial charge in [0.2, 0.25) is 0 Å². The minimum Gasteiger partial charge on any atom is -0.261 e. The van der Waals surface area contributed by atoms with Crippen LogP contribution in [0.25, 0.3) is 11.3 Å². The Kier molecular flexibility index (Phi) is 2.46. The molecular formula is C12H13N3. The van der Waals surface area contributed by atoms with Gasteiger partial charge in [0.1, 0.15) is 0 Å². The highest BCUT2D eigenvalue weighted by Gasteiger charge is 2.04. The van der Waals surface area contributed by atoms with Gasteiger partial charge in [0.25, 0.3) is 0 Å². The van der Waals surface area contributed by atoms with Gasteiger partial charge in [-0.25, -0.2) is 4.98 Å². The fourth-order valence-electron chi connectivity index (χ4n) is 1.50. The Morgan fingerprint density at radius 1 is 0.933 bits per heavy atom. The highest BCUT2D eigenvalue weighted by Crippen LogP contribution is 2.20. The molecule has 0 bridgehead atoms. The predicted molar refractivity (Wildman–Crippen MR) is 59.5 cm³/mol. The zero-order chi connectivity index (χ0) is 10.8. The van der Waals surface area contributed by atoms with Gasteiger partial charge in [-0.3, -0.25) is 9.97 Å². The van der Waals surface area contributed by atoms with Crippen LogP contribution in [0.3, 0.4) is 0 Å². The number of rotatable bonds is 1. The van der Waals surface area contributed by atoms with E-state index < -0.39 is 0 Å². The fraction of sp³-hybridized carbons (Fsp3) is 0.250. The first kappa shape index (κ1) is 9.77. The van der Waals surface area contributed by atoms with Crippen LogP contribution in [-0.4, -0.2) is 15.0 Å². The molecule has 0 aliphatic rings. The second-order valence-corrected chi connectivity index (χ2v) is 3.69. The van der Waals surface area contributed by atoms with Gasteiger partial charge in [0.15, 0.2) is 0 Å². The Labute approximate surface area is 89.2 Å². The normalized spacial score (nSPS) is 10.3. The molecular weight excluding hydrogens is 186 g/mol. The number of aryl methyl sites for hydroxylation is 3. The molecule has 0 fully saturated rings. The molecule has 2 aromatic rings. The van der Waals surface area contributed by atoms with Crippen molar-refractivity contribution in [3.8, 4) is 11.3 Å². The van der Waals surface area contributed by atoms with Crippen molar-refractivity contribution in [3.63, 3.8) is 0 Å². The molecule has 0 amide bonds. The first-order valence-corrected chi connectivity index (χ1v) is 4.89. The van der Waals surface area contributed by atoms with Crippen molar-refractivity contribution in [1.82, 2.24) is 15.0 Å². The van der Waals surface area contributed by atoms with Crippen LogP contribution in [0.4, 0.5) is 0 Å². The van der Waals surface area contributed by atoms with E-state index >= 15 is 0 Å². The molecule has 2 aromatic heterocycles. The second-order valence-electron chi connectivity index (χ2n) is 3.69. The number of hydrogen-bond acceptors (Lipinski definition) is 3. The Balaban J connectivity index is 2.58. The van der Waals surface area contributed by atoms with Crippen LogP contribution in [0, 0.1) is 20.8 Å². The summed E-state index contributed by atoms with van der Waals surface area (Å²) >= 11 is 0. The SMILES string of the molecule is Cc1cc(-c2cncc(C)n2)c(C)cn1. The van der Waals surface area contributed by atoms with Crippen LogP contribution in [0.5, 0.6) is 0 Å². The third kappa shape index (κ3) is 2.01. The van der Waals surface area contributed by atoms with Gasteiger partial charge in [0.05, 0.1) is 17.6 Å². The molecule has 0 N–H and O–H groups in total. The summed E-state index contributed by atoms with van der Waals surface area (Å²) in [6.07, 6.45) is 5.41. The average Bonchev–Trinajstić information content (AvgIpc) is 2.22. The zero-order valence-corrected chi connectivity index (χ0v) is 9.15. The Morgan fingerprint density at radius 2 is 1.73 bits per heavy atom. The van der Waals surface area contributed by atoms with Crippen molar-refractivity contribution < 1.29 is 0 Å². The molecule has 2 heterocycles. The van der Waals surface area contributed by atoms with Gasteiger partial charge in [-0.2, -0.15) is 0 Å². The molecule has 0 aromatic carbocycles. The Hall–Kier alpha value is -1.77. The van der Waals surface area contributed by atoms with Crippen molar-refractivity contribution in [3.05, 3.63) is 41.6 Å². The predicted octanol–water partition coefficient (Wildman–Crippen LogP) is 2.46. The van der Waals surface area contributed by atoms with E-state index in [1.54, 1.807) is 12.4 Å². The van der Waals surface area contributed by atoms with Crippen LogP contribution in [-0.2, 0) is 0 Å². The summed E-state index contributed by atoms with van der Waals surface area (Å²) in [4.78, 5) is 12.8. The molecule has 0 saturated heterocycles. The van der Waals surface area contributed by atoms with Crippen LogP contribution in [0.1, 0.15) is 17.0 Å². The van der Waals surface area contributed by atoms with Gasteiger partial charge < -0.3 is 0 Å². The number of nitrogens with zero attached hydrogens (tertiary/aromatic N) is 3. The third-order valence-corrected chi connectivity index (χ3v) is 2.27. The monoisotopic (exact) mass is 199 g/mol. The standard InChI is InChI=1S/C12H13N3/c1-8-5-14-9(2)4-11(8)12-7-13-6-10(3)15-12/h4-7H,1-3H3. The van der Waals surface area contributed by atoms with E-state index in [0.29, 0.717) is 0 Å². The van der Waals surface area contributed by atoms with Crippen molar-refractivity contribution in [2.45, 2.75) is 20.8 Å². The fourth-order valence-corrected chi connectivity index (χ4v) is 1.50. The highest BCUT2D eigenvalue weighted by molar-refractivity contribution is 5.62. The zero-order valence-electron chi connectivity index (χ0n) is 9.15. The Morgan fingerprint density at radius 3 is 2.47 bits per heavy atom. The quantitative estimate of drug-likeness (QED) is 0.708. The summed E-state index contributed by atoms with van der Waals surface area (Å²) in [5.41, 5.74) is 5.08. The van der Waals surface area contributed by atoms with E-state index in [1.807, 2.05) is 33.0 Å². The first-order chi connectivity index (χ1) is 7.16. The number of hydrogen-bond donors (Lipinski definition) is 0. The maximum absolute atomic E-state index is 4.46. The van der Waals surface area contributed by atoms with Gasteiger partial charge >= 0.3 is 0 Å². The summed E-state index contributed by atoms with van der Waals surface area (Å²) in [5, 5.41) is 0. The summed E-state index contributed by atoms with van der Waals surface area (Å²) in [7, 11) is 0. The number of pyridine rings is 1. The third-order valence-electron chi connectivity index (χ3n) is 2.27. The topological polar surface area (TPSA) is 38.7 Å². The van der Waals surface area contributed by atoms with Gasteiger partial charge in [0, 0.05) is 23.7 Å².